The summed E-state index contributed by atoms with van der Waals surface area (Å²) in [4.78, 5) is 107. The molecule has 1 atom stereocenters. The Hall–Kier alpha value is -7.70. The third kappa shape index (κ3) is 8.30. The van der Waals surface area contributed by atoms with Crippen molar-refractivity contribution in [2.45, 2.75) is 57.4 Å². The molecule has 1 unspecified atom stereocenters. The highest BCUT2D eigenvalue weighted by molar-refractivity contribution is 6.24. The molecule has 3 aromatic carbocycles. The smallest absolute Gasteiger partial charge is 0.262 e. The first kappa shape index (κ1) is 43.0. The SMILES string of the molecule is CNC(=O)c1c(F)cccc1Nc1nc(Nc2cc3c(cc2OC)CCN3C(=O)CN(C)C(=O)CCCCCc2cccc3c2C(=O)N(C2CCC(=O)NC2=O)C3=O)nc2[nH]ccc12. The maximum atomic E-state index is 14.8. The molecule has 0 saturated carbocycles. The van der Waals surface area contributed by atoms with Crippen LogP contribution in [0.3, 0.4) is 0 Å². The van der Waals surface area contributed by atoms with Crippen molar-refractivity contribution >= 4 is 81.2 Å². The van der Waals surface area contributed by atoms with E-state index in [0.717, 1.165) is 10.5 Å². The second-order valence-electron chi connectivity index (χ2n) is 15.7. The van der Waals surface area contributed by atoms with Gasteiger partial charge in [-0.1, -0.05) is 24.6 Å². The molecule has 330 valence electrons. The lowest BCUT2D eigenvalue weighted by Gasteiger charge is -2.27. The first-order chi connectivity index (χ1) is 30.9. The van der Waals surface area contributed by atoms with Crippen molar-refractivity contribution in [3.63, 3.8) is 0 Å². The molecule has 1 fully saturated rings. The largest absolute Gasteiger partial charge is 0.495 e. The van der Waals surface area contributed by atoms with Crippen LogP contribution in [0.2, 0.25) is 0 Å². The quantitative estimate of drug-likeness (QED) is 0.0724. The first-order valence-electron chi connectivity index (χ1n) is 20.8. The van der Waals surface area contributed by atoms with Crippen molar-refractivity contribution in [1.29, 1.82) is 0 Å². The monoisotopic (exact) mass is 872 g/mol. The Morgan fingerprint density at radius 3 is 2.55 bits per heavy atom. The number of carbonyl (C=O) groups is 7. The fourth-order valence-electron chi connectivity index (χ4n) is 8.39. The third-order valence-corrected chi connectivity index (χ3v) is 11.7. The van der Waals surface area contributed by atoms with Gasteiger partial charge >= 0.3 is 0 Å². The van der Waals surface area contributed by atoms with Gasteiger partial charge in [0.15, 0.2) is 0 Å². The number of aryl methyl sites for hydroxylation is 1. The van der Waals surface area contributed by atoms with Crippen LogP contribution in [0.25, 0.3) is 11.0 Å². The number of likely N-dealkylation sites (N-methyl/N-ethyl adjacent to an activating group) is 1. The van der Waals surface area contributed by atoms with Gasteiger partial charge in [0.2, 0.25) is 29.6 Å². The number of amides is 7. The Labute approximate surface area is 365 Å². The van der Waals surface area contributed by atoms with Gasteiger partial charge in [0.05, 0.1) is 47.1 Å². The molecule has 0 radical (unpaired) electrons. The van der Waals surface area contributed by atoms with E-state index in [-0.39, 0.29) is 65.9 Å². The molecule has 5 N–H and O–H groups in total. The second-order valence-corrected chi connectivity index (χ2v) is 15.7. The van der Waals surface area contributed by atoms with E-state index in [1.54, 1.807) is 54.5 Å². The highest BCUT2D eigenvalue weighted by atomic mass is 19.1. The van der Waals surface area contributed by atoms with Crippen LogP contribution in [-0.4, -0.2) is 106 Å². The van der Waals surface area contributed by atoms with Crippen LogP contribution in [0.1, 0.15) is 80.7 Å². The van der Waals surface area contributed by atoms with Crippen molar-refractivity contribution in [3.8, 4) is 5.75 Å². The summed E-state index contributed by atoms with van der Waals surface area (Å²) in [5.74, 6) is -3.08. The summed E-state index contributed by atoms with van der Waals surface area (Å²) in [5.41, 5.74) is 3.63. The first-order valence-corrected chi connectivity index (χ1v) is 20.8. The number of ether oxygens (including phenoxy) is 1. The number of fused-ring (bicyclic) bond motifs is 3. The maximum absolute atomic E-state index is 14.8. The van der Waals surface area contributed by atoms with E-state index in [0.29, 0.717) is 78.2 Å². The number of methoxy groups -OCH3 is 1. The van der Waals surface area contributed by atoms with E-state index >= 15 is 0 Å². The number of aromatic amines is 1. The number of aromatic nitrogens is 3. The molecular weight excluding hydrogens is 828 g/mol. The number of halogens is 1. The zero-order chi connectivity index (χ0) is 45.2. The molecule has 5 aromatic rings. The summed E-state index contributed by atoms with van der Waals surface area (Å²) in [5, 5.41) is 11.5. The fraction of sp³-hybridized carbons (Fsp3) is 0.311. The number of carbonyl (C=O) groups excluding carboxylic acids is 7. The molecular formula is C45H45FN10O8. The average Bonchev–Trinajstić information content (AvgIpc) is 3.99. The van der Waals surface area contributed by atoms with Crippen molar-refractivity contribution in [3.05, 3.63) is 94.4 Å². The minimum absolute atomic E-state index is 0.0382. The number of H-pyrrole nitrogens is 1. The lowest BCUT2D eigenvalue weighted by Crippen LogP contribution is -2.54. The van der Waals surface area contributed by atoms with E-state index in [1.807, 2.05) is 6.07 Å². The summed E-state index contributed by atoms with van der Waals surface area (Å²) in [6.45, 7) is 0.245. The molecule has 64 heavy (non-hydrogen) atoms. The van der Waals surface area contributed by atoms with Gasteiger partial charge in [-0.05, 0) is 79.6 Å². The number of rotatable bonds is 15. The van der Waals surface area contributed by atoms with Crippen LogP contribution in [0.5, 0.6) is 5.75 Å². The molecule has 5 heterocycles. The number of nitrogens with zero attached hydrogens (tertiary/aromatic N) is 5. The molecule has 19 heteroatoms. The van der Waals surface area contributed by atoms with Crippen molar-refractivity contribution in [1.82, 2.24) is 35.4 Å². The zero-order valence-electron chi connectivity index (χ0n) is 35.3. The van der Waals surface area contributed by atoms with Gasteiger partial charge in [-0.15, -0.1) is 0 Å². The molecule has 2 aromatic heterocycles. The molecule has 0 bridgehead atoms. The Morgan fingerprint density at radius 1 is 0.953 bits per heavy atom. The molecule has 0 spiro atoms. The summed E-state index contributed by atoms with van der Waals surface area (Å²) in [7, 11) is 4.52. The molecule has 18 nitrogen and oxygen atoms in total. The van der Waals surface area contributed by atoms with Crippen LogP contribution >= 0.6 is 0 Å². The maximum Gasteiger partial charge on any atom is 0.262 e. The number of benzene rings is 3. The molecule has 3 aliphatic heterocycles. The average molecular weight is 873 g/mol. The molecule has 7 amide bonds. The van der Waals surface area contributed by atoms with Gasteiger partial charge in [0, 0.05) is 45.4 Å². The van der Waals surface area contributed by atoms with E-state index in [1.165, 1.54) is 31.2 Å². The van der Waals surface area contributed by atoms with Crippen molar-refractivity contribution < 1.29 is 42.7 Å². The number of hydrogen-bond acceptors (Lipinski definition) is 12. The predicted molar refractivity (Wildman–Crippen MR) is 232 cm³/mol. The van der Waals surface area contributed by atoms with E-state index in [2.05, 4.69) is 36.2 Å². The Kier molecular flexibility index (Phi) is 12.1. The minimum atomic E-state index is -1.04. The standard InChI is InChI=1S/C45H45FN10O8/c1-47-42(61)38-28(46)12-8-13-29(38)49-40-27-17-19-48-39(27)52-45(53-40)50-30-22-32-25(21-33(30)64-3)18-20-55(32)36(59)23-54(2)35(58)14-6-4-5-9-24-10-7-11-26-37(24)44(63)56(43(26)62)31-15-16-34(57)51-41(31)60/h7-8,10-13,17,19,21-22,31H,4-6,9,14-16,18,20,23H2,1-3H3,(H,47,61)(H,51,57,60)(H3,48,49,50,52,53). The van der Waals surface area contributed by atoms with Gasteiger partial charge < -0.3 is 35.5 Å². The van der Waals surface area contributed by atoms with E-state index < -0.39 is 41.4 Å². The number of piperidine rings is 1. The van der Waals surface area contributed by atoms with E-state index in [4.69, 9.17) is 4.74 Å². The summed E-state index contributed by atoms with van der Waals surface area (Å²) in [6.07, 6.45) is 4.84. The lowest BCUT2D eigenvalue weighted by molar-refractivity contribution is -0.136. The summed E-state index contributed by atoms with van der Waals surface area (Å²) < 4.78 is 20.5. The molecule has 0 aliphatic carbocycles. The highest BCUT2D eigenvalue weighted by Gasteiger charge is 2.45. The summed E-state index contributed by atoms with van der Waals surface area (Å²) >= 11 is 0. The molecule has 1 saturated heterocycles. The summed E-state index contributed by atoms with van der Waals surface area (Å²) in [6, 6.07) is 13.6. The van der Waals surface area contributed by atoms with Crippen LogP contribution in [-0.2, 0) is 32.0 Å². The normalized spacial score (nSPS) is 15.5. The Morgan fingerprint density at radius 2 is 1.77 bits per heavy atom. The minimum Gasteiger partial charge on any atom is -0.495 e. The number of nitrogens with one attached hydrogen (secondary N) is 5. The number of imide groups is 2. The number of unbranched alkanes of at least 4 members (excludes halogenated alkanes) is 2. The third-order valence-electron chi connectivity index (χ3n) is 11.7. The van der Waals surface area contributed by atoms with Gasteiger partial charge in [-0.2, -0.15) is 9.97 Å². The number of anilines is 5. The van der Waals surface area contributed by atoms with Gasteiger partial charge in [0.25, 0.3) is 17.7 Å². The van der Waals surface area contributed by atoms with Crippen LogP contribution in [0.4, 0.5) is 33.2 Å². The molecule has 3 aliphatic rings. The topological polar surface area (TPSA) is 228 Å². The van der Waals surface area contributed by atoms with Crippen molar-refractivity contribution in [2.24, 2.45) is 0 Å². The van der Waals surface area contributed by atoms with Crippen LogP contribution in [0, 0.1) is 5.82 Å². The fourth-order valence-corrected chi connectivity index (χ4v) is 8.39. The van der Waals surface area contributed by atoms with Crippen LogP contribution in [0.15, 0.2) is 60.8 Å². The predicted octanol–water partition coefficient (Wildman–Crippen LogP) is 4.50. The highest BCUT2D eigenvalue weighted by Crippen LogP contribution is 2.39. The lowest BCUT2D eigenvalue weighted by atomic mass is 9.97. The van der Waals surface area contributed by atoms with Crippen LogP contribution < -0.4 is 30.9 Å². The van der Waals surface area contributed by atoms with E-state index in [9.17, 15) is 38.0 Å². The zero-order valence-corrected chi connectivity index (χ0v) is 35.3. The second kappa shape index (κ2) is 18.0. The Balaban J connectivity index is 0.879. The Bertz CT molecular complexity index is 2750. The van der Waals surface area contributed by atoms with Gasteiger partial charge in [0.1, 0.15) is 29.1 Å². The van der Waals surface area contributed by atoms with Gasteiger partial charge in [-0.3, -0.25) is 43.8 Å². The van der Waals surface area contributed by atoms with Gasteiger partial charge in [-0.25, -0.2) is 4.39 Å². The number of hydrogen-bond donors (Lipinski definition) is 5. The van der Waals surface area contributed by atoms with Crippen molar-refractivity contribution in [2.75, 3.05) is 49.8 Å². The molecule has 8 rings (SSSR count).